The van der Waals surface area contributed by atoms with Crippen LogP contribution < -0.4 is 18.9 Å². The first-order chi connectivity index (χ1) is 46.3. The summed E-state index contributed by atoms with van der Waals surface area (Å²) in [5.74, 6) is -33.2. The number of fused-ring (bicyclic) bond motifs is 4. The highest BCUT2D eigenvalue weighted by molar-refractivity contribution is 5.91. The Morgan fingerprint density at radius 2 is 0.694 bits per heavy atom. The summed E-state index contributed by atoms with van der Waals surface area (Å²) in [6.45, 7) is 0. The molecule has 0 saturated carbocycles. The molecule has 0 spiro atoms. The predicted molar refractivity (Wildman–Crippen MR) is 325 cm³/mol. The second kappa shape index (κ2) is 23.0. The van der Waals surface area contributed by atoms with Gasteiger partial charge in [0.1, 0.15) is 87.3 Å². The number of hydrogen-bond acceptors (Lipinski definition) is 31. The van der Waals surface area contributed by atoms with Crippen molar-refractivity contribution < 1.29 is 156 Å². The number of carbonyl (C=O) groups excluding carboxylic acids is 1. The van der Waals surface area contributed by atoms with Crippen LogP contribution in [0, 0.1) is 0 Å². The van der Waals surface area contributed by atoms with E-state index in [1.165, 1.54) is 6.07 Å². The molecular weight excluding hydrogens is 1300 g/mol. The number of hydrogen-bond donors (Lipinski definition) is 25. The Morgan fingerprint density at radius 3 is 1.16 bits per heavy atom. The van der Waals surface area contributed by atoms with E-state index in [1.807, 2.05) is 0 Å². The van der Waals surface area contributed by atoms with Gasteiger partial charge < -0.3 is 151 Å². The molecule has 0 radical (unpaired) electrons. The monoisotopic (exact) mass is 1350 g/mol. The first-order valence-electron chi connectivity index (χ1n) is 29.1. The van der Waals surface area contributed by atoms with E-state index < -0.39 is 279 Å². The fourth-order valence-corrected chi connectivity index (χ4v) is 13.4. The Kier molecular flexibility index (Phi) is 15.0. The van der Waals surface area contributed by atoms with Crippen LogP contribution >= 0.6 is 0 Å². The fraction of sp³-hybridized carbons (Fsp3) is 0.179. The number of esters is 1. The highest BCUT2D eigenvalue weighted by atomic mass is 16.6. The molecule has 9 aromatic rings. The lowest BCUT2D eigenvalue weighted by atomic mass is 9.72. The number of aromatic hydroxyl groups is 22. The number of benzene rings is 9. The van der Waals surface area contributed by atoms with Gasteiger partial charge in [0.15, 0.2) is 105 Å². The highest BCUT2D eigenvalue weighted by Gasteiger charge is 2.55. The summed E-state index contributed by atoms with van der Waals surface area (Å²) in [4.78, 5) is 14.9. The van der Waals surface area contributed by atoms with Crippen LogP contribution in [0.5, 0.6) is 149 Å². The van der Waals surface area contributed by atoms with E-state index in [9.17, 15) is 132 Å². The van der Waals surface area contributed by atoms with Crippen LogP contribution in [-0.2, 0) is 11.2 Å². The standard InChI is InChI=1S/C67H54O31/c68-23-12-28(72)44-43(13-23)94-60(19-4-34(78)53(87)35(79)5-19)57(91)50(44)45-30(74)16-31(75)46-51(58(92)61(96-64(45)46)20-6-36(80)54(88)37(81)7-20)47-32(76)17-33(77)49-52(48-29(73)15-26(70)24-14-42(86)59(95-63(24)48)18-1-2-25(69)27(71)3-18)66(98-67(93)22-10-40(84)56(90)41(85)11-22)62(97-65(47)49)21-8-38(82)55(89)39(83)9-21/h1-13,15-17,42,50-52,57-62,66,68-92H,14H2/t42-,50-,51-,52+,57-,58-,59-,60-,61-,62-,66-/m1/s1. The molecule has 11 atom stereocenters. The van der Waals surface area contributed by atoms with Gasteiger partial charge in [-0.2, -0.15) is 0 Å². The maximum atomic E-state index is 14.9. The summed E-state index contributed by atoms with van der Waals surface area (Å²) in [7, 11) is 0. The predicted octanol–water partition coefficient (Wildman–Crippen LogP) is 5.99. The molecule has 98 heavy (non-hydrogen) atoms. The normalized spacial score (nSPS) is 22.1. The van der Waals surface area contributed by atoms with Crippen molar-refractivity contribution in [1.82, 2.24) is 0 Å². The number of aliphatic hydroxyl groups is 3. The Hall–Kier alpha value is -12.9. The largest absolute Gasteiger partial charge is 0.508 e. The van der Waals surface area contributed by atoms with Crippen molar-refractivity contribution in [3.63, 3.8) is 0 Å². The molecule has 13 rings (SSSR count). The minimum Gasteiger partial charge on any atom is -0.508 e. The van der Waals surface area contributed by atoms with Gasteiger partial charge in [0, 0.05) is 92.4 Å². The second-order valence-electron chi connectivity index (χ2n) is 23.7. The van der Waals surface area contributed by atoms with Crippen molar-refractivity contribution >= 4 is 5.97 Å². The summed E-state index contributed by atoms with van der Waals surface area (Å²) in [6.07, 6.45) is -17.3. The lowest BCUT2D eigenvalue weighted by Crippen LogP contribution is -2.41. The maximum Gasteiger partial charge on any atom is 0.338 e. The van der Waals surface area contributed by atoms with Crippen LogP contribution in [0.1, 0.15) is 114 Å². The molecule has 25 N–H and O–H groups in total. The van der Waals surface area contributed by atoms with Crippen molar-refractivity contribution in [1.29, 1.82) is 0 Å². The van der Waals surface area contributed by atoms with Crippen molar-refractivity contribution in [3.8, 4) is 149 Å². The third-order valence-electron chi connectivity index (χ3n) is 17.8. The summed E-state index contributed by atoms with van der Waals surface area (Å²) in [5, 5.41) is 285. The summed E-state index contributed by atoms with van der Waals surface area (Å²) < 4.78 is 32.1. The Morgan fingerprint density at radius 1 is 0.327 bits per heavy atom. The van der Waals surface area contributed by atoms with Gasteiger partial charge in [-0.25, -0.2) is 4.79 Å². The van der Waals surface area contributed by atoms with Crippen molar-refractivity contribution in [2.75, 3.05) is 0 Å². The zero-order valence-corrected chi connectivity index (χ0v) is 49.4. The quantitative estimate of drug-likeness (QED) is 0.0582. The second-order valence-corrected chi connectivity index (χ2v) is 23.7. The van der Waals surface area contributed by atoms with Crippen LogP contribution in [0.2, 0.25) is 0 Å². The zero-order valence-electron chi connectivity index (χ0n) is 49.4. The molecule has 0 aliphatic carbocycles. The Labute approximate surface area is 546 Å². The van der Waals surface area contributed by atoms with Gasteiger partial charge in [-0.3, -0.25) is 0 Å². The van der Waals surface area contributed by atoms with Gasteiger partial charge >= 0.3 is 5.97 Å². The van der Waals surface area contributed by atoms with Gasteiger partial charge in [-0.15, -0.1) is 0 Å². The molecular formula is C67H54O31. The molecule has 4 heterocycles. The number of aliphatic hydroxyl groups excluding tert-OH is 3. The maximum absolute atomic E-state index is 14.9. The first kappa shape index (κ1) is 63.9. The van der Waals surface area contributed by atoms with Crippen LogP contribution in [0.3, 0.4) is 0 Å². The topological polar surface area (TPSA) is 569 Å². The molecule has 0 amide bonds. The van der Waals surface area contributed by atoms with E-state index in [0.717, 1.165) is 60.7 Å². The van der Waals surface area contributed by atoms with E-state index in [4.69, 9.17) is 23.7 Å². The molecule has 508 valence electrons. The van der Waals surface area contributed by atoms with E-state index >= 15 is 0 Å². The summed E-state index contributed by atoms with van der Waals surface area (Å²) in [6, 6.07) is 12.7. The smallest absolute Gasteiger partial charge is 0.338 e. The lowest BCUT2D eigenvalue weighted by molar-refractivity contribution is -0.0304. The molecule has 0 saturated heterocycles. The average molecular weight is 1360 g/mol. The number of phenolic OH excluding ortho intramolecular Hbond substituents is 22. The number of rotatable bonds is 9. The molecule has 0 aromatic heterocycles. The van der Waals surface area contributed by atoms with Crippen molar-refractivity contribution in [3.05, 3.63) is 164 Å². The average Bonchev–Trinajstić information content (AvgIpc) is 0.707. The van der Waals surface area contributed by atoms with Crippen LogP contribution in [0.25, 0.3) is 0 Å². The fourth-order valence-electron chi connectivity index (χ4n) is 13.4. The van der Waals surface area contributed by atoms with Gasteiger partial charge in [0.25, 0.3) is 0 Å². The van der Waals surface area contributed by atoms with Crippen LogP contribution in [0.15, 0.2) is 97.1 Å². The number of ether oxygens (including phenoxy) is 5. The van der Waals surface area contributed by atoms with E-state index in [2.05, 4.69) is 0 Å². The number of phenols is 22. The first-order valence-corrected chi connectivity index (χ1v) is 29.1. The van der Waals surface area contributed by atoms with E-state index in [0.29, 0.717) is 30.3 Å². The molecule has 4 aliphatic heterocycles. The van der Waals surface area contributed by atoms with Crippen LogP contribution in [-0.4, -0.2) is 158 Å². The summed E-state index contributed by atoms with van der Waals surface area (Å²) in [5.41, 5.74) is -6.86. The SMILES string of the molecule is O=C(O[C@@H]1[C@@H](c2c(O)cc(O)c3c2O[C@H](c2ccc(O)c(O)c2)[C@H](O)C3)c2c(O)cc(O)c([C@H]3c4c(O)cc(O)c([C@H]5c6c(O)cc(O)cc6O[C@H](c6cc(O)c(O)c(O)c6)[C@@H]5O)c4O[C@H](c4cc(O)c(O)c(O)c4)[C@@H]3O)c2O[C@@H]1c1cc(O)c(O)c(O)c1)c1cc(O)c(O)c(O)c1. The summed E-state index contributed by atoms with van der Waals surface area (Å²) >= 11 is 0. The molecule has 31 nitrogen and oxygen atoms in total. The Bertz CT molecular complexity index is 4760. The Balaban J connectivity index is 1.13. The van der Waals surface area contributed by atoms with Gasteiger partial charge in [0.05, 0.1) is 29.4 Å². The van der Waals surface area contributed by atoms with E-state index in [-0.39, 0.29) is 16.7 Å². The minimum atomic E-state index is -2.46. The van der Waals surface area contributed by atoms with Crippen LogP contribution in [0.4, 0.5) is 0 Å². The zero-order chi connectivity index (χ0) is 70.4. The third kappa shape index (κ3) is 10.1. The molecule has 4 aliphatic rings. The van der Waals surface area contributed by atoms with Gasteiger partial charge in [-0.05, 0) is 66.2 Å². The molecule has 0 bridgehead atoms. The lowest BCUT2D eigenvalue weighted by Gasteiger charge is -2.45. The van der Waals surface area contributed by atoms with Crippen molar-refractivity contribution in [2.45, 2.75) is 73.0 Å². The van der Waals surface area contributed by atoms with Crippen molar-refractivity contribution in [2.24, 2.45) is 0 Å². The van der Waals surface area contributed by atoms with E-state index in [1.54, 1.807) is 0 Å². The molecule has 9 aromatic carbocycles. The number of carbonyl (C=O) groups is 1. The molecule has 31 heteroatoms. The van der Waals surface area contributed by atoms with Gasteiger partial charge in [0.2, 0.25) is 0 Å². The molecule has 0 unspecified atom stereocenters. The van der Waals surface area contributed by atoms with Gasteiger partial charge in [-0.1, -0.05) is 6.07 Å². The third-order valence-corrected chi connectivity index (χ3v) is 17.8. The molecule has 0 fully saturated rings. The minimum absolute atomic E-state index is 0.0701. The highest BCUT2D eigenvalue weighted by Crippen LogP contribution is 2.66.